The zero-order valence-electron chi connectivity index (χ0n) is 11.6. The summed E-state index contributed by atoms with van der Waals surface area (Å²) in [5.74, 6) is 1.08. The van der Waals surface area contributed by atoms with Crippen LogP contribution in [-0.2, 0) is 9.22 Å². The van der Waals surface area contributed by atoms with Crippen molar-refractivity contribution in [3.05, 3.63) is 0 Å². The van der Waals surface area contributed by atoms with Gasteiger partial charge in [-0.3, -0.25) is 4.79 Å². The van der Waals surface area contributed by atoms with Crippen LogP contribution in [-0.4, -0.2) is 20.7 Å². The van der Waals surface area contributed by atoms with Crippen molar-refractivity contribution in [2.24, 2.45) is 11.8 Å². The molecular weight excluding hydrogens is 216 g/mol. The average Bonchev–Trinajstić information content (AvgIpc) is 2.42. The van der Waals surface area contributed by atoms with Crippen molar-refractivity contribution < 1.29 is 9.22 Å². The maximum Gasteiger partial charge on any atom is 0.192 e. The van der Waals surface area contributed by atoms with E-state index in [9.17, 15) is 4.79 Å². The summed E-state index contributed by atoms with van der Waals surface area (Å²) in [7, 11) is -1.68. The number of hydrogen-bond donors (Lipinski definition) is 0. The summed E-state index contributed by atoms with van der Waals surface area (Å²) in [6, 6.07) is 0. The SMILES string of the molecule is C[C@H]1CCC(=O)[C@@H]1CO[Si](C)(C)C(C)(C)C. The third-order valence-electron chi connectivity index (χ3n) is 4.38. The lowest BCUT2D eigenvalue weighted by molar-refractivity contribution is -0.122. The number of carbonyl (C=O) groups excluding carboxylic acids is 1. The Morgan fingerprint density at radius 2 is 1.94 bits per heavy atom. The molecule has 1 aliphatic carbocycles. The van der Waals surface area contributed by atoms with Crippen LogP contribution in [0.4, 0.5) is 0 Å². The molecule has 1 saturated carbocycles. The van der Waals surface area contributed by atoms with E-state index in [4.69, 9.17) is 4.43 Å². The Hall–Kier alpha value is -0.153. The first-order valence-electron chi connectivity index (χ1n) is 6.32. The van der Waals surface area contributed by atoms with Gasteiger partial charge in [0, 0.05) is 18.9 Å². The Bertz CT molecular complexity index is 266. The zero-order valence-corrected chi connectivity index (χ0v) is 12.6. The van der Waals surface area contributed by atoms with Crippen molar-refractivity contribution in [3.63, 3.8) is 0 Å². The summed E-state index contributed by atoms with van der Waals surface area (Å²) in [6.45, 7) is 14.0. The van der Waals surface area contributed by atoms with E-state index in [0.29, 0.717) is 18.3 Å². The third-order valence-corrected chi connectivity index (χ3v) is 8.88. The number of carbonyl (C=O) groups is 1. The molecule has 2 nitrogen and oxygen atoms in total. The second kappa shape index (κ2) is 4.61. The monoisotopic (exact) mass is 242 g/mol. The standard InChI is InChI=1S/C13H26O2Si/c1-10-7-8-12(14)11(10)9-15-16(5,6)13(2,3)4/h10-11H,7-9H2,1-6H3/t10-,11+/m0/s1. The van der Waals surface area contributed by atoms with Gasteiger partial charge in [-0.1, -0.05) is 27.7 Å². The molecule has 2 atom stereocenters. The fourth-order valence-corrected chi connectivity index (χ4v) is 2.87. The molecule has 0 heterocycles. The second-order valence-electron chi connectivity index (χ2n) is 6.66. The molecule has 0 unspecified atom stereocenters. The van der Waals surface area contributed by atoms with E-state index in [1.807, 2.05) is 0 Å². The van der Waals surface area contributed by atoms with Gasteiger partial charge in [0.1, 0.15) is 5.78 Å². The average molecular weight is 242 g/mol. The highest BCUT2D eigenvalue weighted by Crippen LogP contribution is 2.38. The Kier molecular flexibility index (Phi) is 4.01. The first-order valence-corrected chi connectivity index (χ1v) is 9.22. The van der Waals surface area contributed by atoms with Crippen LogP contribution in [0.2, 0.25) is 18.1 Å². The molecule has 3 heteroatoms. The lowest BCUT2D eigenvalue weighted by Gasteiger charge is -2.37. The van der Waals surface area contributed by atoms with Gasteiger partial charge < -0.3 is 4.43 Å². The Morgan fingerprint density at radius 1 is 1.38 bits per heavy atom. The normalized spacial score (nSPS) is 27.5. The number of Topliss-reactive ketones (excluding diaryl/α,β-unsaturated/α-hetero) is 1. The molecule has 1 aliphatic rings. The number of hydrogen-bond acceptors (Lipinski definition) is 2. The fourth-order valence-electron chi connectivity index (χ4n) is 1.85. The Labute approximate surface area is 101 Å². The molecular formula is C13H26O2Si. The Morgan fingerprint density at radius 3 is 2.31 bits per heavy atom. The topological polar surface area (TPSA) is 26.3 Å². The van der Waals surface area contributed by atoms with E-state index in [-0.39, 0.29) is 11.0 Å². The fraction of sp³-hybridized carbons (Fsp3) is 0.923. The minimum atomic E-state index is -1.68. The summed E-state index contributed by atoms with van der Waals surface area (Å²) in [5, 5.41) is 0.234. The van der Waals surface area contributed by atoms with Gasteiger partial charge in [-0.15, -0.1) is 0 Å². The summed E-state index contributed by atoms with van der Waals surface area (Å²) in [6.07, 6.45) is 1.80. The van der Waals surface area contributed by atoms with Crippen LogP contribution in [0.5, 0.6) is 0 Å². The van der Waals surface area contributed by atoms with Crippen LogP contribution in [0.15, 0.2) is 0 Å². The van der Waals surface area contributed by atoms with E-state index in [0.717, 1.165) is 12.8 Å². The molecule has 1 rings (SSSR count). The van der Waals surface area contributed by atoms with Crippen LogP contribution >= 0.6 is 0 Å². The lowest BCUT2D eigenvalue weighted by atomic mass is 9.99. The molecule has 0 aromatic heterocycles. The van der Waals surface area contributed by atoms with Gasteiger partial charge in [-0.2, -0.15) is 0 Å². The molecule has 0 saturated heterocycles. The van der Waals surface area contributed by atoms with Gasteiger partial charge >= 0.3 is 0 Å². The molecule has 0 spiro atoms. The molecule has 1 fully saturated rings. The van der Waals surface area contributed by atoms with E-state index in [1.165, 1.54) is 0 Å². The molecule has 0 radical (unpaired) electrons. The van der Waals surface area contributed by atoms with Crippen LogP contribution in [0, 0.1) is 11.8 Å². The van der Waals surface area contributed by atoms with Gasteiger partial charge in [0.05, 0.1) is 0 Å². The van der Waals surface area contributed by atoms with E-state index < -0.39 is 8.32 Å². The molecule has 0 aromatic rings. The Balaban J connectivity index is 2.54. The first-order chi connectivity index (χ1) is 7.15. The van der Waals surface area contributed by atoms with E-state index in [2.05, 4.69) is 40.8 Å². The molecule has 0 amide bonds. The first kappa shape index (κ1) is 13.9. The summed E-state index contributed by atoms with van der Waals surface area (Å²) in [4.78, 5) is 11.7. The van der Waals surface area contributed by atoms with Crippen molar-refractivity contribution >= 4 is 14.1 Å². The van der Waals surface area contributed by atoms with E-state index in [1.54, 1.807) is 0 Å². The third kappa shape index (κ3) is 2.95. The molecule has 0 N–H and O–H groups in total. The highest BCUT2D eigenvalue weighted by atomic mass is 28.4. The molecule has 0 aliphatic heterocycles. The van der Waals surface area contributed by atoms with Crippen molar-refractivity contribution in [1.29, 1.82) is 0 Å². The molecule has 0 aromatic carbocycles. The predicted molar refractivity (Wildman–Crippen MR) is 70.0 cm³/mol. The van der Waals surface area contributed by atoms with Gasteiger partial charge in [0.2, 0.25) is 0 Å². The van der Waals surface area contributed by atoms with Gasteiger partial charge in [0.25, 0.3) is 0 Å². The molecule has 0 bridgehead atoms. The van der Waals surface area contributed by atoms with Gasteiger partial charge in [0.15, 0.2) is 8.32 Å². The minimum Gasteiger partial charge on any atom is -0.416 e. The number of ketones is 1. The van der Waals surface area contributed by atoms with Crippen LogP contribution in [0.3, 0.4) is 0 Å². The van der Waals surface area contributed by atoms with Crippen molar-refractivity contribution in [2.45, 2.75) is 58.7 Å². The second-order valence-corrected chi connectivity index (χ2v) is 11.5. The van der Waals surface area contributed by atoms with Crippen molar-refractivity contribution in [2.75, 3.05) is 6.61 Å². The van der Waals surface area contributed by atoms with E-state index >= 15 is 0 Å². The summed E-state index contributed by atoms with van der Waals surface area (Å²) in [5.41, 5.74) is 0. The highest BCUT2D eigenvalue weighted by molar-refractivity contribution is 6.74. The van der Waals surface area contributed by atoms with Crippen LogP contribution < -0.4 is 0 Å². The maximum absolute atomic E-state index is 11.7. The van der Waals surface area contributed by atoms with Gasteiger partial charge in [-0.25, -0.2) is 0 Å². The molecule has 16 heavy (non-hydrogen) atoms. The minimum absolute atomic E-state index is 0.161. The van der Waals surface area contributed by atoms with Crippen molar-refractivity contribution in [1.82, 2.24) is 0 Å². The highest BCUT2D eigenvalue weighted by Gasteiger charge is 2.39. The molecule has 94 valence electrons. The number of rotatable bonds is 3. The van der Waals surface area contributed by atoms with Crippen LogP contribution in [0.25, 0.3) is 0 Å². The lowest BCUT2D eigenvalue weighted by Crippen LogP contribution is -2.42. The van der Waals surface area contributed by atoms with Crippen molar-refractivity contribution in [3.8, 4) is 0 Å². The largest absolute Gasteiger partial charge is 0.416 e. The van der Waals surface area contributed by atoms with Crippen LogP contribution in [0.1, 0.15) is 40.5 Å². The predicted octanol–water partition coefficient (Wildman–Crippen LogP) is 3.62. The smallest absolute Gasteiger partial charge is 0.192 e. The summed E-state index contributed by atoms with van der Waals surface area (Å²) < 4.78 is 6.14. The zero-order chi connectivity index (χ0) is 12.6. The summed E-state index contributed by atoms with van der Waals surface area (Å²) >= 11 is 0. The van der Waals surface area contributed by atoms with Gasteiger partial charge in [-0.05, 0) is 30.5 Å². The quantitative estimate of drug-likeness (QED) is 0.707. The maximum atomic E-state index is 11.7.